The Labute approximate surface area is 115 Å². The minimum atomic E-state index is 0. The lowest BCUT2D eigenvalue weighted by molar-refractivity contribution is -0.127. The number of halogens is 2. The average Bonchev–Trinajstić information content (AvgIpc) is 2.68. The maximum Gasteiger partial charge on any atom is 0.223 e. The molecule has 0 radical (unpaired) electrons. The molecule has 1 heterocycles. The molecular weight excluding hydrogens is 259 g/mol. The molecule has 1 fully saturated rings. The first-order valence-corrected chi connectivity index (χ1v) is 6.38. The standard InChI is InChI=1S/C12H19ClN2O.ClH/c13-7-1-2-8-14-9-3-4-10-15-11-5-6-12(15)16;/h14H,1-2,5-11H2;1H. The number of carbonyl (C=O) groups excluding carboxylic acids is 1. The lowest BCUT2D eigenvalue weighted by Crippen LogP contribution is -2.25. The molecule has 0 bridgehead atoms. The lowest BCUT2D eigenvalue weighted by Gasteiger charge is -2.09. The zero-order chi connectivity index (χ0) is 11.6. The van der Waals surface area contributed by atoms with Crippen LogP contribution in [0.1, 0.15) is 25.7 Å². The van der Waals surface area contributed by atoms with Gasteiger partial charge >= 0.3 is 0 Å². The molecule has 17 heavy (non-hydrogen) atoms. The van der Waals surface area contributed by atoms with Gasteiger partial charge in [0.15, 0.2) is 0 Å². The van der Waals surface area contributed by atoms with Crippen molar-refractivity contribution in [2.75, 3.05) is 32.1 Å². The van der Waals surface area contributed by atoms with Gasteiger partial charge in [0, 0.05) is 18.8 Å². The van der Waals surface area contributed by atoms with Crippen LogP contribution in [0.5, 0.6) is 0 Å². The van der Waals surface area contributed by atoms with Gasteiger partial charge in [-0.2, -0.15) is 0 Å². The summed E-state index contributed by atoms with van der Waals surface area (Å²) in [5.74, 6) is 7.00. The Morgan fingerprint density at radius 2 is 2.18 bits per heavy atom. The average molecular weight is 279 g/mol. The van der Waals surface area contributed by atoms with Crippen LogP contribution in [0.2, 0.25) is 0 Å². The minimum Gasteiger partial charge on any atom is -0.332 e. The van der Waals surface area contributed by atoms with E-state index in [0.717, 1.165) is 38.2 Å². The molecule has 1 amide bonds. The van der Waals surface area contributed by atoms with Crippen molar-refractivity contribution in [2.24, 2.45) is 0 Å². The summed E-state index contributed by atoms with van der Waals surface area (Å²) in [5, 5.41) is 3.22. The second kappa shape index (κ2) is 10.7. The molecule has 98 valence electrons. The van der Waals surface area contributed by atoms with Gasteiger partial charge < -0.3 is 10.2 Å². The molecule has 1 aliphatic heterocycles. The highest BCUT2D eigenvalue weighted by atomic mass is 35.5. The maximum atomic E-state index is 11.2. The zero-order valence-electron chi connectivity index (χ0n) is 10.0. The van der Waals surface area contributed by atoms with Crippen molar-refractivity contribution in [3.8, 4) is 11.8 Å². The van der Waals surface area contributed by atoms with Gasteiger partial charge in [0.1, 0.15) is 0 Å². The van der Waals surface area contributed by atoms with Crippen LogP contribution in [-0.2, 0) is 4.79 Å². The number of nitrogens with zero attached hydrogens (tertiary/aromatic N) is 1. The first kappa shape index (κ1) is 16.6. The Morgan fingerprint density at radius 1 is 1.35 bits per heavy atom. The van der Waals surface area contributed by atoms with E-state index in [-0.39, 0.29) is 18.3 Å². The van der Waals surface area contributed by atoms with E-state index < -0.39 is 0 Å². The van der Waals surface area contributed by atoms with Gasteiger partial charge in [0.25, 0.3) is 0 Å². The smallest absolute Gasteiger partial charge is 0.223 e. The molecule has 0 unspecified atom stereocenters. The van der Waals surface area contributed by atoms with Crippen molar-refractivity contribution in [1.29, 1.82) is 0 Å². The van der Waals surface area contributed by atoms with E-state index >= 15 is 0 Å². The number of likely N-dealkylation sites (tertiary alicyclic amines) is 1. The third-order valence-corrected chi connectivity index (χ3v) is 2.78. The number of amides is 1. The van der Waals surface area contributed by atoms with Gasteiger partial charge in [-0.1, -0.05) is 11.8 Å². The fraction of sp³-hybridized carbons (Fsp3) is 0.750. The number of unbranched alkanes of at least 4 members (excludes halogenated alkanes) is 1. The van der Waals surface area contributed by atoms with Crippen molar-refractivity contribution < 1.29 is 4.79 Å². The van der Waals surface area contributed by atoms with Crippen LogP contribution in [0.4, 0.5) is 0 Å². The van der Waals surface area contributed by atoms with Crippen molar-refractivity contribution >= 4 is 29.9 Å². The number of hydrogen-bond acceptors (Lipinski definition) is 2. The third-order valence-electron chi connectivity index (χ3n) is 2.52. The molecule has 0 spiro atoms. The molecular formula is C12H20Cl2N2O. The number of hydrogen-bond donors (Lipinski definition) is 1. The molecule has 0 aromatic rings. The van der Waals surface area contributed by atoms with Crippen LogP contribution in [0.15, 0.2) is 0 Å². The Balaban J connectivity index is 0.00000256. The first-order valence-electron chi connectivity index (χ1n) is 5.85. The number of carbonyl (C=O) groups is 1. The van der Waals surface area contributed by atoms with Crippen LogP contribution in [-0.4, -0.2) is 42.9 Å². The fourth-order valence-corrected chi connectivity index (χ4v) is 1.77. The van der Waals surface area contributed by atoms with Gasteiger partial charge in [-0.05, 0) is 25.8 Å². The van der Waals surface area contributed by atoms with E-state index in [0.29, 0.717) is 19.5 Å². The molecule has 1 N–H and O–H groups in total. The largest absolute Gasteiger partial charge is 0.332 e. The number of nitrogens with one attached hydrogen (secondary N) is 1. The molecule has 3 nitrogen and oxygen atoms in total. The van der Waals surface area contributed by atoms with E-state index in [4.69, 9.17) is 11.6 Å². The Bertz CT molecular complexity index is 273. The Morgan fingerprint density at radius 3 is 2.82 bits per heavy atom. The summed E-state index contributed by atoms with van der Waals surface area (Å²) in [5.41, 5.74) is 0. The van der Waals surface area contributed by atoms with E-state index in [9.17, 15) is 4.79 Å². The minimum absolute atomic E-state index is 0. The van der Waals surface area contributed by atoms with Crippen LogP contribution >= 0.6 is 24.0 Å². The quantitative estimate of drug-likeness (QED) is 0.455. The summed E-state index contributed by atoms with van der Waals surface area (Å²) in [4.78, 5) is 13.1. The highest BCUT2D eigenvalue weighted by molar-refractivity contribution is 6.17. The summed E-state index contributed by atoms with van der Waals surface area (Å²) in [7, 11) is 0. The summed E-state index contributed by atoms with van der Waals surface area (Å²) in [6, 6.07) is 0. The summed E-state index contributed by atoms with van der Waals surface area (Å²) < 4.78 is 0. The summed E-state index contributed by atoms with van der Waals surface area (Å²) >= 11 is 5.56. The predicted molar refractivity (Wildman–Crippen MR) is 73.7 cm³/mol. The maximum absolute atomic E-state index is 11.2. The van der Waals surface area contributed by atoms with Gasteiger partial charge in [-0.15, -0.1) is 24.0 Å². The molecule has 0 atom stereocenters. The monoisotopic (exact) mass is 278 g/mol. The lowest BCUT2D eigenvalue weighted by atomic mass is 10.3. The zero-order valence-corrected chi connectivity index (χ0v) is 11.6. The number of alkyl halides is 1. The molecule has 0 saturated carbocycles. The van der Waals surface area contributed by atoms with Gasteiger partial charge in [0.05, 0.1) is 13.1 Å². The third kappa shape index (κ3) is 7.49. The Hall–Kier alpha value is -0.430. The van der Waals surface area contributed by atoms with Gasteiger partial charge in [-0.25, -0.2) is 0 Å². The molecule has 1 saturated heterocycles. The van der Waals surface area contributed by atoms with Crippen LogP contribution < -0.4 is 5.32 Å². The topological polar surface area (TPSA) is 32.3 Å². The van der Waals surface area contributed by atoms with Gasteiger partial charge in [-0.3, -0.25) is 4.79 Å². The SMILES string of the molecule is Cl.O=C1CCCN1CC#CCNCCCCCl. The first-order chi connectivity index (χ1) is 7.84. The van der Waals surface area contributed by atoms with Crippen molar-refractivity contribution in [3.05, 3.63) is 0 Å². The van der Waals surface area contributed by atoms with Crippen LogP contribution in [0, 0.1) is 11.8 Å². The van der Waals surface area contributed by atoms with Crippen LogP contribution in [0.25, 0.3) is 0 Å². The second-order valence-electron chi connectivity index (χ2n) is 3.85. The molecule has 0 aromatic carbocycles. The summed E-state index contributed by atoms with van der Waals surface area (Å²) in [6.07, 6.45) is 3.82. The normalized spacial score (nSPS) is 14.2. The Kier molecular flexibility index (Phi) is 10.4. The second-order valence-corrected chi connectivity index (χ2v) is 4.22. The van der Waals surface area contributed by atoms with E-state index in [1.54, 1.807) is 0 Å². The highest BCUT2D eigenvalue weighted by Gasteiger charge is 2.18. The molecule has 0 aliphatic carbocycles. The van der Waals surface area contributed by atoms with Crippen molar-refractivity contribution in [1.82, 2.24) is 10.2 Å². The van der Waals surface area contributed by atoms with E-state index in [2.05, 4.69) is 17.2 Å². The summed E-state index contributed by atoms with van der Waals surface area (Å²) in [6.45, 7) is 3.12. The van der Waals surface area contributed by atoms with E-state index in [1.165, 1.54) is 0 Å². The highest BCUT2D eigenvalue weighted by Crippen LogP contribution is 2.07. The fourth-order valence-electron chi connectivity index (χ4n) is 1.58. The van der Waals surface area contributed by atoms with Crippen LogP contribution in [0.3, 0.4) is 0 Å². The van der Waals surface area contributed by atoms with E-state index in [1.807, 2.05) is 4.90 Å². The molecule has 0 aromatic heterocycles. The molecule has 1 rings (SSSR count). The van der Waals surface area contributed by atoms with Gasteiger partial charge in [0.2, 0.25) is 5.91 Å². The number of rotatable bonds is 6. The molecule has 1 aliphatic rings. The van der Waals surface area contributed by atoms with Crippen molar-refractivity contribution in [3.63, 3.8) is 0 Å². The molecule has 5 heteroatoms. The predicted octanol–water partition coefficient (Wildman–Crippen LogP) is 1.64. The van der Waals surface area contributed by atoms with Crippen molar-refractivity contribution in [2.45, 2.75) is 25.7 Å².